The molecule has 4 nitrogen and oxygen atoms in total. The molecule has 0 radical (unpaired) electrons. The van der Waals surface area contributed by atoms with E-state index in [0.717, 1.165) is 19.3 Å². The molecule has 0 bridgehead atoms. The fourth-order valence-electron chi connectivity index (χ4n) is 2.75. The van der Waals surface area contributed by atoms with E-state index in [-0.39, 0.29) is 23.7 Å². The van der Waals surface area contributed by atoms with E-state index in [1.165, 1.54) is 25.3 Å². The van der Waals surface area contributed by atoms with Crippen LogP contribution in [0.3, 0.4) is 0 Å². The summed E-state index contributed by atoms with van der Waals surface area (Å²) in [6.45, 7) is 0.543. The van der Waals surface area contributed by atoms with Crippen molar-refractivity contribution in [2.45, 2.75) is 25.4 Å². The number of aliphatic hydroxyl groups is 1. The number of nitrogens with zero attached hydrogens (tertiary/aromatic N) is 1. The number of amides is 1. The van der Waals surface area contributed by atoms with Gasteiger partial charge in [0.1, 0.15) is 0 Å². The van der Waals surface area contributed by atoms with Crippen molar-refractivity contribution < 1.29 is 19.0 Å². The molecule has 0 spiro atoms. The van der Waals surface area contributed by atoms with E-state index in [0.29, 0.717) is 12.1 Å². The number of hydrogen-bond acceptors (Lipinski definition) is 3. The third-order valence-electron chi connectivity index (χ3n) is 4.10. The number of methoxy groups -OCH3 is 1. The van der Waals surface area contributed by atoms with Crippen LogP contribution in [-0.2, 0) is 4.79 Å². The molecule has 120 valence electrons. The molecule has 1 amide bonds. The Bertz CT molecular complexity index is 559. The maximum atomic E-state index is 13.6. The van der Waals surface area contributed by atoms with Crippen molar-refractivity contribution in [2.75, 3.05) is 20.7 Å². The normalized spacial score (nSPS) is 21.3. The Hall–Kier alpha value is -1.88. The van der Waals surface area contributed by atoms with Crippen LogP contribution in [-0.4, -0.2) is 42.7 Å². The number of rotatable bonds is 5. The molecule has 0 saturated heterocycles. The summed E-state index contributed by atoms with van der Waals surface area (Å²) in [7, 11) is 3.12. The molecule has 2 atom stereocenters. The molecule has 0 aliphatic heterocycles. The summed E-state index contributed by atoms with van der Waals surface area (Å²) < 4.78 is 18.4. The molecular weight excluding hydrogens is 285 g/mol. The molecule has 1 aliphatic carbocycles. The van der Waals surface area contributed by atoms with Crippen molar-refractivity contribution in [2.24, 2.45) is 5.92 Å². The Kier molecular flexibility index (Phi) is 5.55. The molecule has 5 heteroatoms. The van der Waals surface area contributed by atoms with Gasteiger partial charge in [-0.2, -0.15) is 0 Å². The summed E-state index contributed by atoms with van der Waals surface area (Å²) in [6.07, 6.45) is 5.46. The molecule has 2 rings (SSSR count). The van der Waals surface area contributed by atoms with E-state index in [1.54, 1.807) is 24.1 Å². The van der Waals surface area contributed by atoms with E-state index < -0.39 is 5.82 Å². The first-order valence-electron chi connectivity index (χ1n) is 7.46. The van der Waals surface area contributed by atoms with Crippen molar-refractivity contribution in [3.63, 3.8) is 0 Å². The minimum atomic E-state index is -0.459. The number of benzene rings is 1. The number of aliphatic hydroxyl groups excluding tert-OH is 1. The van der Waals surface area contributed by atoms with E-state index in [4.69, 9.17) is 4.74 Å². The topological polar surface area (TPSA) is 49.8 Å². The van der Waals surface area contributed by atoms with Crippen LogP contribution in [0.4, 0.5) is 4.39 Å². The fraction of sp³-hybridized carbons (Fsp3) is 0.471. The molecule has 2 unspecified atom stereocenters. The minimum Gasteiger partial charge on any atom is -0.494 e. The number of hydrogen-bond donors (Lipinski definition) is 1. The van der Waals surface area contributed by atoms with Crippen LogP contribution in [0.5, 0.6) is 5.75 Å². The summed E-state index contributed by atoms with van der Waals surface area (Å²) >= 11 is 0. The molecule has 0 aromatic heterocycles. The van der Waals surface area contributed by atoms with Crippen molar-refractivity contribution in [1.29, 1.82) is 0 Å². The van der Waals surface area contributed by atoms with Gasteiger partial charge in [0.25, 0.3) is 0 Å². The smallest absolute Gasteiger partial charge is 0.246 e. The molecule has 22 heavy (non-hydrogen) atoms. The summed E-state index contributed by atoms with van der Waals surface area (Å²) in [5, 5.41) is 9.80. The van der Waals surface area contributed by atoms with Gasteiger partial charge in [-0.3, -0.25) is 4.79 Å². The Morgan fingerprint density at radius 3 is 2.86 bits per heavy atom. The van der Waals surface area contributed by atoms with Crippen molar-refractivity contribution in [1.82, 2.24) is 4.90 Å². The number of carbonyl (C=O) groups excluding carboxylic acids is 1. The largest absolute Gasteiger partial charge is 0.494 e. The van der Waals surface area contributed by atoms with Crippen molar-refractivity contribution in [3.05, 3.63) is 35.7 Å². The lowest BCUT2D eigenvalue weighted by atomic mass is 10.1. The lowest BCUT2D eigenvalue weighted by Crippen LogP contribution is -2.33. The maximum Gasteiger partial charge on any atom is 0.246 e. The van der Waals surface area contributed by atoms with E-state index in [2.05, 4.69) is 0 Å². The first kappa shape index (κ1) is 16.5. The summed E-state index contributed by atoms with van der Waals surface area (Å²) in [6, 6.07) is 4.54. The highest BCUT2D eigenvalue weighted by Gasteiger charge is 2.26. The molecule has 1 aromatic rings. The Morgan fingerprint density at radius 1 is 1.50 bits per heavy atom. The van der Waals surface area contributed by atoms with E-state index >= 15 is 0 Å². The van der Waals surface area contributed by atoms with Crippen LogP contribution >= 0.6 is 0 Å². The molecule has 1 aromatic carbocycles. The van der Waals surface area contributed by atoms with Gasteiger partial charge in [0.15, 0.2) is 11.6 Å². The van der Waals surface area contributed by atoms with Gasteiger partial charge < -0.3 is 14.7 Å². The average molecular weight is 307 g/mol. The van der Waals surface area contributed by atoms with Gasteiger partial charge in [-0.15, -0.1) is 0 Å². The maximum absolute atomic E-state index is 13.6. The first-order valence-corrected chi connectivity index (χ1v) is 7.46. The van der Waals surface area contributed by atoms with Crippen LogP contribution in [0, 0.1) is 11.7 Å². The minimum absolute atomic E-state index is 0.154. The highest BCUT2D eigenvalue weighted by atomic mass is 19.1. The highest BCUT2D eigenvalue weighted by Crippen LogP contribution is 2.26. The van der Waals surface area contributed by atoms with Crippen LogP contribution < -0.4 is 4.74 Å². The van der Waals surface area contributed by atoms with E-state index in [1.807, 2.05) is 0 Å². The number of ether oxygens (including phenoxy) is 1. The second kappa shape index (κ2) is 7.40. The van der Waals surface area contributed by atoms with Gasteiger partial charge in [0.2, 0.25) is 5.91 Å². The summed E-state index contributed by atoms with van der Waals surface area (Å²) in [5.41, 5.74) is 0.598. The van der Waals surface area contributed by atoms with Gasteiger partial charge in [-0.05, 0) is 36.6 Å². The molecule has 0 heterocycles. The van der Waals surface area contributed by atoms with Crippen LogP contribution in [0.1, 0.15) is 24.8 Å². The molecule has 1 N–H and O–H groups in total. The lowest BCUT2D eigenvalue weighted by Gasteiger charge is -2.22. The van der Waals surface area contributed by atoms with Crippen LogP contribution in [0.15, 0.2) is 24.3 Å². The molecular formula is C17H22FNO3. The average Bonchev–Trinajstić information content (AvgIpc) is 2.90. The first-order chi connectivity index (χ1) is 10.5. The standard InChI is InChI=1S/C17H22FNO3/c1-19(11-13-4-3-5-15(13)20)17(21)9-7-12-6-8-16(22-2)14(18)10-12/h6-10,13,15,20H,3-5,11H2,1-2H3/b9-7+. The van der Waals surface area contributed by atoms with Crippen molar-refractivity contribution in [3.8, 4) is 5.75 Å². The zero-order valence-electron chi connectivity index (χ0n) is 13.0. The predicted octanol–water partition coefficient (Wildman–Crippen LogP) is 2.47. The number of carbonyl (C=O) groups is 1. The molecule has 1 fully saturated rings. The third kappa shape index (κ3) is 4.07. The Morgan fingerprint density at radius 2 is 2.27 bits per heavy atom. The Balaban J connectivity index is 1.94. The van der Waals surface area contributed by atoms with Gasteiger partial charge in [0.05, 0.1) is 13.2 Å². The third-order valence-corrected chi connectivity index (χ3v) is 4.10. The van der Waals surface area contributed by atoms with Gasteiger partial charge in [0, 0.05) is 25.6 Å². The fourth-order valence-corrected chi connectivity index (χ4v) is 2.75. The predicted molar refractivity (Wildman–Crippen MR) is 83.0 cm³/mol. The number of likely N-dealkylation sites (N-methyl/N-ethyl adjacent to an activating group) is 1. The second-order valence-corrected chi connectivity index (χ2v) is 5.70. The Labute approximate surface area is 130 Å². The van der Waals surface area contributed by atoms with Gasteiger partial charge in [-0.1, -0.05) is 12.5 Å². The monoisotopic (exact) mass is 307 g/mol. The lowest BCUT2D eigenvalue weighted by molar-refractivity contribution is -0.125. The quantitative estimate of drug-likeness (QED) is 0.850. The van der Waals surface area contributed by atoms with Crippen LogP contribution in [0.2, 0.25) is 0 Å². The van der Waals surface area contributed by atoms with Crippen molar-refractivity contribution >= 4 is 12.0 Å². The van der Waals surface area contributed by atoms with E-state index in [9.17, 15) is 14.3 Å². The molecule has 1 aliphatic rings. The number of halogens is 1. The summed E-state index contributed by atoms with van der Waals surface area (Å²) in [5.74, 6) is -0.286. The second-order valence-electron chi connectivity index (χ2n) is 5.70. The van der Waals surface area contributed by atoms with Gasteiger partial charge >= 0.3 is 0 Å². The SMILES string of the molecule is COc1ccc(/C=C/C(=O)N(C)CC2CCCC2O)cc1F. The summed E-state index contributed by atoms with van der Waals surface area (Å²) in [4.78, 5) is 13.7. The zero-order valence-corrected chi connectivity index (χ0v) is 13.0. The van der Waals surface area contributed by atoms with Crippen LogP contribution in [0.25, 0.3) is 6.08 Å². The van der Waals surface area contributed by atoms with Gasteiger partial charge in [-0.25, -0.2) is 4.39 Å². The molecule has 1 saturated carbocycles. The zero-order chi connectivity index (χ0) is 16.1. The highest BCUT2D eigenvalue weighted by molar-refractivity contribution is 5.91.